The molecular weight excluding hydrogens is 336 g/mol. The van der Waals surface area contributed by atoms with Crippen molar-refractivity contribution in [2.24, 2.45) is 0 Å². The van der Waals surface area contributed by atoms with Gasteiger partial charge in [-0.15, -0.1) is 0 Å². The highest BCUT2D eigenvalue weighted by Gasteiger charge is 2.30. The van der Waals surface area contributed by atoms with Crippen molar-refractivity contribution in [3.63, 3.8) is 0 Å². The predicted molar refractivity (Wildman–Crippen MR) is 109 cm³/mol. The van der Waals surface area contributed by atoms with Gasteiger partial charge in [0.2, 0.25) is 5.91 Å². The number of rotatable bonds is 2. The summed E-state index contributed by atoms with van der Waals surface area (Å²) in [6, 6.07) is 16.7. The first-order valence-corrected chi connectivity index (χ1v) is 9.74. The normalized spacial score (nSPS) is 19.6. The standard InChI is InChI=1S/C22H24N4O/c27-22(20-9-8-16-4-1-2-5-18(16)24-20)26-14-12-25(13-15-26)21-7-3-6-19-17(21)10-11-23-19/h1-7,10-11,20,23-24H,8-9,12-15H2. The number of hydrogen-bond donors (Lipinski definition) is 2. The van der Waals surface area contributed by atoms with Crippen molar-refractivity contribution in [1.82, 2.24) is 9.88 Å². The number of aromatic nitrogens is 1. The number of carbonyl (C=O) groups excluding carboxylic acids is 1. The van der Waals surface area contributed by atoms with Crippen molar-refractivity contribution in [3.8, 4) is 0 Å². The number of carbonyl (C=O) groups is 1. The molecule has 0 radical (unpaired) electrons. The van der Waals surface area contributed by atoms with Crippen LogP contribution in [0.15, 0.2) is 54.7 Å². The summed E-state index contributed by atoms with van der Waals surface area (Å²) in [5.74, 6) is 0.240. The molecule has 0 bridgehead atoms. The van der Waals surface area contributed by atoms with Crippen LogP contribution in [0.4, 0.5) is 11.4 Å². The Kier molecular flexibility index (Phi) is 4.00. The van der Waals surface area contributed by atoms with Crippen LogP contribution in [0, 0.1) is 0 Å². The number of nitrogens with one attached hydrogen (secondary N) is 2. The van der Waals surface area contributed by atoms with Gasteiger partial charge in [-0.05, 0) is 42.7 Å². The fraction of sp³-hybridized carbons (Fsp3) is 0.318. The van der Waals surface area contributed by atoms with Gasteiger partial charge in [-0.3, -0.25) is 4.79 Å². The minimum Gasteiger partial charge on any atom is -0.373 e. The van der Waals surface area contributed by atoms with E-state index in [2.05, 4.69) is 57.7 Å². The fourth-order valence-electron chi connectivity index (χ4n) is 4.36. The molecule has 1 amide bonds. The van der Waals surface area contributed by atoms with E-state index in [1.165, 1.54) is 16.6 Å². The molecule has 5 heteroatoms. The Morgan fingerprint density at radius 2 is 1.81 bits per heavy atom. The largest absolute Gasteiger partial charge is 0.373 e. The van der Waals surface area contributed by atoms with E-state index in [-0.39, 0.29) is 11.9 Å². The van der Waals surface area contributed by atoms with Gasteiger partial charge in [0.05, 0.1) is 0 Å². The summed E-state index contributed by atoms with van der Waals surface area (Å²) in [6.45, 7) is 3.30. The number of hydrogen-bond acceptors (Lipinski definition) is 3. The molecular formula is C22H24N4O. The highest BCUT2D eigenvalue weighted by Crippen LogP contribution is 2.28. The van der Waals surface area contributed by atoms with E-state index in [4.69, 9.17) is 0 Å². The lowest BCUT2D eigenvalue weighted by Crippen LogP contribution is -2.53. The van der Waals surface area contributed by atoms with Crippen LogP contribution in [0.3, 0.4) is 0 Å². The number of benzene rings is 2. The molecule has 1 fully saturated rings. The van der Waals surface area contributed by atoms with Gasteiger partial charge >= 0.3 is 0 Å². The first-order chi connectivity index (χ1) is 13.3. The summed E-state index contributed by atoms with van der Waals surface area (Å²) < 4.78 is 0. The van der Waals surface area contributed by atoms with E-state index in [1.54, 1.807) is 0 Å². The number of H-pyrrole nitrogens is 1. The molecule has 0 aliphatic carbocycles. The SMILES string of the molecule is O=C(C1CCc2ccccc2N1)N1CCN(c2cccc3[nH]ccc23)CC1. The third kappa shape index (κ3) is 2.93. The van der Waals surface area contributed by atoms with Gasteiger partial charge in [-0.1, -0.05) is 24.3 Å². The monoisotopic (exact) mass is 360 g/mol. The predicted octanol–water partition coefficient (Wildman–Crippen LogP) is 3.24. The molecule has 2 aromatic carbocycles. The van der Waals surface area contributed by atoms with Crippen molar-refractivity contribution in [1.29, 1.82) is 0 Å². The number of aromatic amines is 1. The lowest BCUT2D eigenvalue weighted by molar-refractivity contribution is -0.132. The first kappa shape index (κ1) is 16.2. The molecule has 1 atom stereocenters. The fourth-order valence-corrected chi connectivity index (χ4v) is 4.36. The molecule has 3 aromatic rings. The molecule has 3 heterocycles. The Balaban J connectivity index is 1.26. The van der Waals surface area contributed by atoms with E-state index >= 15 is 0 Å². The molecule has 2 N–H and O–H groups in total. The molecule has 5 nitrogen and oxygen atoms in total. The van der Waals surface area contributed by atoms with Crippen LogP contribution in [0.1, 0.15) is 12.0 Å². The zero-order chi connectivity index (χ0) is 18.2. The zero-order valence-corrected chi connectivity index (χ0v) is 15.3. The van der Waals surface area contributed by atoms with E-state index in [0.29, 0.717) is 0 Å². The topological polar surface area (TPSA) is 51.4 Å². The Labute approximate surface area is 159 Å². The van der Waals surface area contributed by atoms with Gasteiger partial charge in [0.15, 0.2) is 0 Å². The highest BCUT2D eigenvalue weighted by molar-refractivity contribution is 5.92. The second kappa shape index (κ2) is 6.65. The van der Waals surface area contributed by atoms with Crippen LogP contribution in [0.2, 0.25) is 0 Å². The number of piperazine rings is 1. The Morgan fingerprint density at radius 1 is 0.963 bits per heavy atom. The average molecular weight is 360 g/mol. The zero-order valence-electron chi connectivity index (χ0n) is 15.3. The second-order valence-electron chi connectivity index (χ2n) is 7.42. The minimum absolute atomic E-state index is 0.0976. The van der Waals surface area contributed by atoms with Gasteiger partial charge in [-0.2, -0.15) is 0 Å². The van der Waals surface area contributed by atoms with Crippen LogP contribution in [0.5, 0.6) is 0 Å². The first-order valence-electron chi connectivity index (χ1n) is 9.74. The van der Waals surface area contributed by atoms with Crippen molar-refractivity contribution >= 4 is 28.2 Å². The maximum atomic E-state index is 13.0. The molecule has 0 saturated carbocycles. The van der Waals surface area contributed by atoms with Gasteiger partial charge in [0.1, 0.15) is 6.04 Å². The number of para-hydroxylation sites is 1. The van der Waals surface area contributed by atoms with Gasteiger partial charge in [-0.25, -0.2) is 0 Å². The Morgan fingerprint density at radius 3 is 2.70 bits per heavy atom. The second-order valence-corrected chi connectivity index (χ2v) is 7.42. The lowest BCUT2D eigenvalue weighted by atomic mass is 9.97. The van der Waals surface area contributed by atoms with Crippen molar-refractivity contribution in [2.45, 2.75) is 18.9 Å². The summed E-state index contributed by atoms with van der Waals surface area (Å²) >= 11 is 0. The van der Waals surface area contributed by atoms with Crippen LogP contribution in [-0.2, 0) is 11.2 Å². The maximum Gasteiger partial charge on any atom is 0.245 e. The minimum atomic E-state index is -0.0976. The van der Waals surface area contributed by atoms with Crippen LogP contribution >= 0.6 is 0 Å². The van der Waals surface area contributed by atoms with Crippen LogP contribution in [-0.4, -0.2) is 48.0 Å². The summed E-state index contributed by atoms with van der Waals surface area (Å²) in [5, 5.41) is 4.70. The third-order valence-electron chi connectivity index (χ3n) is 5.85. The van der Waals surface area contributed by atoms with Crippen molar-refractivity contribution in [2.75, 3.05) is 36.4 Å². The van der Waals surface area contributed by atoms with Gasteiger partial charge in [0, 0.05) is 54.7 Å². The number of fused-ring (bicyclic) bond motifs is 2. The van der Waals surface area contributed by atoms with E-state index in [1.807, 2.05) is 17.2 Å². The number of amides is 1. The van der Waals surface area contributed by atoms with Crippen LogP contribution < -0.4 is 10.2 Å². The lowest BCUT2D eigenvalue weighted by Gasteiger charge is -2.39. The summed E-state index contributed by atoms with van der Waals surface area (Å²) in [5.41, 5.74) is 4.84. The number of anilines is 2. The molecule has 27 heavy (non-hydrogen) atoms. The summed E-state index contributed by atoms with van der Waals surface area (Å²) in [7, 11) is 0. The highest BCUT2D eigenvalue weighted by atomic mass is 16.2. The Hall–Kier alpha value is -2.95. The molecule has 1 saturated heterocycles. The average Bonchev–Trinajstić information content (AvgIpc) is 3.22. The maximum absolute atomic E-state index is 13.0. The van der Waals surface area contributed by atoms with Crippen molar-refractivity contribution < 1.29 is 4.79 Å². The van der Waals surface area contributed by atoms with Gasteiger partial charge < -0.3 is 20.1 Å². The molecule has 1 aromatic heterocycles. The molecule has 138 valence electrons. The quantitative estimate of drug-likeness (QED) is 0.738. The molecule has 2 aliphatic rings. The Bertz CT molecular complexity index is 971. The van der Waals surface area contributed by atoms with Crippen molar-refractivity contribution in [3.05, 3.63) is 60.3 Å². The van der Waals surface area contributed by atoms with E-state index in [0.717, 1.165) is 50.2 Å². The number of nitrogens with zero attached hydrogens (tertiary/aromatic N) is 2. The smallest absolute Gasteiger partial charge is 0.245 e. The summed E-state index contributed by atoms with van der Waals surface area (Å²) in [6.07, 6.45) is 3.83. The molecule has 0 spiro atoms. The van der Waals surface area contributed by atoms with E-state index in [9.17, 15) is 4.79 Å². The van der Waals surface area contributed by atoms with E-state index < -0.39 is 0 Å². The third-order valence-corrected chi connectivity index (χ3v) is 5.85. The summed E-state index contributed by atoms with van der Waals surface area (Å²) in [4.78, 5) is 20.7. The van der Waals surface area contributed by atoms with Gasteiger partial charge in [0.25, 0.3) is 0 Å². The molecule has 1 unspecified atom stereocenters. The molecule has 5 rings (SSSR count). The number of aryl methyl sites for hydroxylation is 1. The molecule has 2 aliphatic heterocycles. The van der Waals surface area contributed by atoms with Crippen LogP contribution in [0.25, 0.3) is 10.9 Å².